The second kappa shape index (κ2) is 6.79. The SMILES string of the molecule is Cc1ccc(Nc2n[nH]c(=O)c3c2nnn3CCc2ccccc2)cc1. The summed E-state index contributed by atoms with van der Waals surface area (Å²) in [5.41, 5.74) is 3.80. The Labute approximate surface area is 149 Å². The molecule has 0 bridgehead atoms. The number of nitrogens with zero attached hydrogens (tertiary/aromatic N) is 4. The van der Waals surface area contributed by atoms with Crippen LogP contribution in [0.25, 0.3) is 11.0 Å². The Hall–Kier alpha value is -3.48. The average Bonchev–Trinajstić information content (AvgIpc) is 3.10. The molecular formula is C19H18N6O. The first kappa shape index (κ1) is 16.0. The zero-order chi connectivity index (χ0) is 17.9. The van der Waals surface area contributed by atoms with Crippen molar-refractivity contribution in [3.05, 3.63) is 76.1 Å². The number of fused-ring (bicyclic) bond motifs is 1. The van der Waals surface area contributed by atoms with E-state index in [2.05, 4.69) is 38.0 Å². The predicted octanol–water partition coefficient (Wildman–Crippen LogP) is 2.81. The molecule has 0 aliphatic carbocycles. The van der Waals surface area contributed by atoms with E-state index in [0.717, 1.165) is 12.1 Å². The van der Waals surface area contributed by atoms with Gasteiger partial charge in [-0.05, 0) is 31.0 Å². The van der Waals surface area contributed by atoms with E-state index in [4.69, 9.17) is 0 Å². The Morgan fingerprint density at radius 1 is 1.08 bits per heavy atom. The molecule has 130 valence electrons. The molecule has 2 aromatic heterocycles. The summed E-state index contributed by atoms with van der Waals surface area (Å²) in [6.45, 7) is 2.59. The number of aromatic amines is 1. The summed E-state index contributed by atoms with van der Waals surface area (Å²) < 4.78 is 1.63. The summed E-state index contributed by atoms with van der Waals surface area (Å²) in [6.07, 6.45) is 0.766. The van der Waals surface area contributed by atoms with Crippen molar-refractivity contribution >= 4 is 22.5 Å². The summed E-state index contributed by atoms with van der Waals surface area (Å²) >= 11 is 0. The van der Waals surface area contributed by atoms with Gasteiger partial charge in [0.2, 0.25) is 0 Å². The number of nitrogens with one attached hydrogen (secondary N) is 2. The largest absolute Gasteiger partial charge is 0.337 e. The fourth-order valence-corrected chi connectivity index (χ4v) is 2.81. The average molecular weight is 346 g/mol. The molecule has 7 heteroatoms. The van der Waals surface area contributed by atoms with Gasteiger partial charge in [-0.25, -0.2) is 9.78 Å². The van der Waals surface area contributed by atoms with E-state index in [1.54, 1.807) is 4.68 Å². The van der Waals surface area contributed by atoms with E-state index in [1.807, 2.05) is 49.4 Å². The lowest BCUT2D eigenvalue weighted by molar-refractivity contribution is 0.604. The number of benzene rings is 2. The quantitative estimate of drug-likeness (QED) is 0.580. The van der Waals surface area contributed by atoms with Gasteiger partial charge in [0.05, 0.1) is 0 Å². The lowest BCUT2D eigenvalue weighted by atomic mass is 10.1. The molecule has 2 aromatic carbocycles. The lowest BCUT2D eigenvalue weighted by Gasteiger charge is -2.06. The summed E-state index contributed by atoms with van der Waals surface area (Å²) in [7, 11) is 0. The smallest absolute Gasteiger partial charge is 0.292 e. The molecule has 0 amide bonds. The zero-order valence-corrected chi connectivity index (χ0v) is 14.3. The first-order valence-corrected chi connectivity index (χ1v) is 8.40. The van der Waals surface area contributed by atoms with Crippen molar-refractivity contribution in [1.82, 2.24) is 25.2 Å². The van der Waals surface area contributed by atoms with E-state index in [1.165, 1.54) is 11.1 Å². The van der Waals surface area contributed by atoms with Crippen molar-refractivity contribution in [2.45, 2.75) is 19.9 Å². The highest BCUT2D eigenvalue weighted by molar-refractivity contribution is 5.86. The highest BCUT2D eigenvalue weighted by Gasteiger charge is 2.14. The Kier molecular flexibility index (Phi) is 4.18. The molecule has 0 aliphatic heterocycles. The number of aromatic nitrogens is 5. The van der Waals surface area contributed by atoms with Gasteiger partial charge in [0, 0.05) is 12.2 Å². The van der Waals surface area contributed by atoms with Crippen LogP contribution in [-0.4, -0.2) is 25.2 Å². The van der Waals surface area contributed by atoms with Crippen molar-refractivity contribution in [2.75, 3.05) is 5.32 Å². The van der Waals surface area contributed by atoms with E-state index in [0.29, 0.717) is 23.4 Å². The van der Waals surface area contributed by atoms with E-state index >= 15 is 0 Å². The van der Waals surface area contributed by atoms with Crippen LogP contribution in [0, 0.1) is 6.92 Å². The molecule has 4 rings (SSSR count). The zero-order valence-electron chi connectivity index (χ0n) is 14.3. The maximum absolute atomic E-state index is 12.3. The van der Waals surface area contributed by atoms with Crippen molar-refractivity contribution in [3.8, 4) is 0 Å². The molecular weight excluding hydrogens is 328 g/mol. The number of hydrogen-bond donors (Lipinski definition) is 2. The normalized spacial score (nSPS) is 11.0. The van der Waals surface area contributed by atoms with Crippen LogP contribution in [0.5, 0.6) is 0 Å². The molecule has 0 fully saturated rings. The van der Waals surface area contributed by atoms with Gasteiger partial charge in [-0.3, -0.25) is 4.79 Å². The van der Waals surface area contributed by atoms with Crippen LogP contribution in [0.15, 0.2) is 59.4 Å². The molecule has 0 aliphatic rings. The summed E-state index contributed by atoms with van der Waals surface area (Å²) in [4.78, 5) is 12.3. The van der Waals surface area contributed by atoms with Crippen LogP contribution >= 0.6 is 0 Å². The molecule has 0 radical (unpaired) electrons. The number of hydrogen-bond acceptors (Lipinski definition) is 5. The summed E-state index contributed by atoms with van der Waals surface area (Å²) in [6, 6.07) is 18.0. The monoisotopic (exact) mass is 346 g/mol. The predicted molar refractivity (Wildman–Crippen MR) is 101 cm³/mol. The minimum absolute atomic E-state index is 0.299. The van der Waals surface area contributed by atoms with Crippen LogP contribution < -0.4 is 10.9 Å². The minimum atomic E-state index is -0.299. The van der Waals surface area contributed by atoms with Gasteiger partial charge >= 0.3 is 0 Å². The first-order chi connectivity index (χ1) is 12.7. The van der Waals surface area contributed by atoms with Crippen molar-refractivity contribution in [3.63, 3.8) is 0 Å². The Bertz CT molecular complexity index is 1080. The standard InChI is InChI=1S/C19H18N6O/c1-13-7-9-15(10-8-13)20-18-16-17(19(26)23-22-18)25(24-21-16)12-11-14-5-3-2-4-6-14/h2-10H,11-12H2,1H3,(H,20,22)(H,23,26). The van der Waals surface area contributed by atoms with Crippen molar-refractivity contribution in [2.24, 2.45) is 0 Å². The van der Waals surface area contributed by atoms with Crippen LogP contribution in [-0.2, 0) is 13.0 Å². The van der Waals surface area contributed by atoms with Crippen LogP contribution in [0.4, 0.5) is 11.5 Å². The molecule has 0 saturated carbocycles. The third-order valence-corrected chi connectivity index (χ3v) is 4.21. The fourth-order valence-electron chi connectivity index (χ4n) is 2.81. The molecule has 2 N–H and O–H groups in total. The van der Waals surface area contributed by atoms with E-state index < -0.39 is 0 Å². The van der Waals surface area contributed by atoms with Crippen molar-refractivity contribution < 1.29 is 0 Å². The van der Waals surface area contributed by atoms with Gasteiger partial charge < -0.3 is 5.32 Å². The number of H-pyrrole nitrogens is 1. The molecule has 0 spiro atoms. The molecule has 2 heterocycles. The van der Waals surface area contributed by atoms with Gasteiger partial charge in [-0.1, -0.05) is 53.2 Å². The highest BCUT2D eigenvalue weighted by Crippen LogP contribution is 2.20. The van der Waals surface area contributed by atoms with Gasteiger partial charge in [-0.15, -0.1) is 5.10 Å². The van der Waals surface area contributed by atoms with Crippen LogP contribution in [0.1, 0.15) is 11.1 Å². The highest BCUT2D eigenvalue weighted by atomic mass is 16.1. The Morgan fingerprint density at radius 3 is 2.62 bits per heavy atom. The topological polar surface area (TPSA) is 88.5 Å². The van der Waals surface area contributed by atoms with E-state index in [-0.39, 0.29) is 5.56 Å². The lowest BCUT2D eigenvalue weighted by Crippen LogP contribution is -2.15. The van der Waals surface area contributed by atoms with Crippen molar-refractivity contribution in [1.29, 1.82) is 0 Å². The molecule has 4 aromatic rings. The Balaban J connectivity index is 1.64. The maximum atomic E-state index is 12.3. The van der Waals surface area contributed by atoms with Gasteiger partial charge in [0.25, 0.3) is 5.56 Å². The van der Waals surface area contributed by atoms with Crippen LogP contribution in [0.3, 0.4) is 0 Å². The number of anilines is 2. The fraction of sp³-hybridized carbons (Fsp3) is 0.158. The second-order valence-corrected chi connectivity index (χ2v) is 6.14. The first-order valence-electron chi connectivity index (χ1n) is 8.40. The molecule has 7 nitrogen and oxygen atoms in total. The maximum Gasteiger partial charge on any atom is 0.292 e. The molecule has 0 unspecified atom stereocenters. The van der Waals surface area contributed by atoms with Gasteiger partial charge in [-0.2, -0.15) is 5.10 Å². The number of aryl methyl sites for hydroxylation is 3. The van der Waals surface area contributed by atoms with E-state index in [9.17, 15) is 4.79 Å². The van der Waals surface area contributed by atoms with Gasteiger partial charge in [0.1, 0.15) is 0 Å². The molecule has 0 saturated heterocycles. The third-order valence-electron chi connectivity index (χ3n) is 4.21. The Morgan fingerprint density at radius 2 is 1.85 bits per heavy atom. The summed E-state index contributed by atoms with van der Waals surface area (Å²) in [5, 5.41) is 18.1. The molecule has 0 atom stereocenters. The minimum Gasteiger partial charge on any atom is -0.337 e. The molecule has 26 heavy (non-hydrogen) atoms. The van der Waals surface area contributed by atoms with Crippen LogP contribution in [0.2, 0.25) is 0 Å². The third kappa shape index (κ3) is 3.19. The number of rotatable bonds is 5. The second-order valence-electron chi connectivity index (χ2n) is 6.14. The summed E-state index contributed by atoms with van der Waals surface area (Å²) in [5.74, 6) is 0.481. The van der Waals surface area contributed by atoms with Gasteiger partial charge in [0.15, 0.2) is 16.9 Å².